The number of primary amides is 1. The highest BCUT2D eigenvalue weighted by molar-refractivity contribution is 8.77. The maximum Gasteiger partial charge on any atom is 0.245 e. The lowest BCUT2D eigenvalue weighted by molar-refractivity contribution is -0.135. The molecule has 0 saturated carbocycles. The van der Waals surface area contributed by atoms with Crippen LogP contribution in [-0.4, -0.2) is 154 Å². The van der Waals surface area contributed by atoms with E-state index in [0.29, 0.717) is 29.5 Å². The number of rotatable bonds is 22. The average molecular weight is 1200 g/mol. The molecule has 0 aliphatic carbocycles. The van der Waals surface area contributed by atoms with E-state index in [4.69, 9.17) is 28.7 Å². The van der Waals surface area contributed by atoms with E-state index in [1.807, 2.05) is 36.4 Å². The molecule has 0 radical (unpaired) electrons. The Balaban J connectivity index is 1.57. The minimum atomic E-state index is -1.67. The number of aliphatic hydroxyl groups excluding tert-OH is 1. The number of aromatic hydroxyl groups is 1. The van der Waals surface area contributed by atoms with E-state index >= 15 is 4.79 Å². The van der Waals surface area contributed by atoms with Gasteiger partial charge in [-0.05, 0) is 98.5 Å². The molecule has 9 amide bonds. The van der Waals surface area contributed by atoms with Crippen LogP contribution in [-0.2, 0) is 56.0 Å². The van der Waals surface area contributed by atoms with Gasteiger partial charge in [0.05, 0.1) is 19.2 Å². The van der Waals surface area contributed by atoms with Crippen LogP contribution < -0.4 is 71.2 Å². The van der Waals surface area contributed by atoms with Crippen LogP contribution in [0.4, 0.5) is 0 Å². The maximum atomic E-state index is 15.1. The molecule has 0 bridgehead atoms. The minimum Gasteiger partial charge on any atom is -0.508 e. The van der Waals surface area contributed by atoms with Crippen LogP contribution >= 0.6 is 21.6 Å². The molecule has 0 aromatic heterocycles. The van der Waals surface area contributed by atoms with Gasteiger partial charge in [-0.1, -0.05) is 113 Å². The number of aliphatic imine (C=N–C) groups is 1. The molecule has 20 N–H and O–H groups in total. The number of guanidine groups is 1. The van der Waals surface area contributed by atoms with Gasteiger partial charge in [0.1, 0.15) is 48.0 Å². The number of phenols is 1. The first-order chi connectivity index (χ1) is 40.0. The van der Waals surface area contributed by atoms with Crippen molar-refractivity contribution < 1.29 is 53.4 Å². The molecule has 84 heavy (non-hydrogen) atoms. The zero-order valence-electron chi connectivity index (χ0n) is 47.1. The lowest BCUT2D eigenvalue weighted by Crippen LogP contribution is -2.62. The Hall–Kier alpha value is -7.98. The number of fused-ring (bicyclic) bond motifs is 1. The van der Waals surface area contributed by atoms with E-state index in [2.05, 4.69) is 47.5 Å². The number of phenolic OH excluding ortho intramolecular Hbond substituents is 1. The summed E-state index contributed by atoms with van der Waals surface area (Å²) >= 11 is 0. The van der Waals surface area contributed by atoms with Crippen molar-refractivity contribution in [1.29, 1.82) is 0 Å². The molecule has 1 saturated heterocycles. The van der Waals surface area contributed by atoms with Gasteiger partial charge in [0.25, 0.3) is 0 Å². The number of benzene rings is 4. The SMILES string of the molecule is C[C@@H](c1ccc2ccccc2c1)[C@H]1NC(=O)[C@H](NC(=O)[C@@H](N)Cc2ccc(O)cc2)C(C)(C)SSCC(C(=O)N[C@@H](CCCCN)C(=O)N[C@@H](CCCN=C(N)N)C(N)=O)NC(=O)[C@H](Cc2ccccc2)NC(=O)[C@H](CO)NC(=O)CNC1=O. The van der Waals surface area contributed by atoms with Gasteiger partial charge >= 0.3 is 0 Å². The molecule has 27 heteroatoms. The van der Waals surface area contributed by atoms with Crippen molar-refractivity contribution in [1.82, 2.24) is 42.5 Å². The van der Waals surface area contributed by atoms with E-state index in [0.717, 1.165) is 32.4 Å². The summed E-state index contributed by atoms with van der Waals surface area (Å²) in [4.78, 5) is 131. The van der Waals surface area contributed by atoms with Gasteiger partial charge in [-0.25, -0.2) is 0 Å². The number of nitrogens with one attached hydrogen (secondary N) is 8. The number of nitrogens with zero attached hydrogens (tertiary/aromatic N) is 1. The number of amides is 9. The number of aliphatic hydroxyl groups is 1. The summed E-state index contributed by atoms with van der Waals surface area (Å²) in [6.07, 6.45) is 0.919. The van der Waals surface area contributed by atoms with Gasteiger partial charge in [-0.15, -0.1) is 0 Å². The molecule has 1 aliphatic heterocycles. The van der Waals surface area contributed by atoms with Crippen LogP contribution in [0.2, 0.25) is 0 Å². The fourth-order valence-electron chi connectivity index (χ4n) is 9.02. The number of nitrogens with two attached hydrogens (primary N) is 5. The van der Waals surface area contributed by atoms with Gasteiger partial charge in [0.2, 0.25) is 53.2 Å². The summed E-state index contributed by atoms with van der Waals surface area (Å²) in [5.74, 6) is -9.11. The second-order valence-electron chi connectivity index (χ2n) is 20.9. The first-order valence-electron chi connectivity index (χ1n) is 27.4. The number of unbranched alkanes of at least 4 members (excludes halogenated alkanes) is 1. The lowest BCUT2D eigenvalue weighted by atomic mass is 9.90. The third-order valence-electron chi connectivity index (χ3n) is 13.9. The van der Waals surface area contributed by atoms with Crippen molar-refractivity contribution in [3.05, 3.63) is 114 Å². The molecule has 9 atom stereocenters. The van der Waals surface area contributed by atoms with Crippen LogP contribution in [0.15, 0.2) is 102 Å². The fraction of sp³-hybridized carbons (Fsp3) is 0.439. The van der Waals surface area contributed by atoms with E-state index in [-0.39, 0.29) is 62.7 Å². The number of hydrogen-bond acceptors (Lipinski definition) is 16. The Bertz CT molecular complexity index is 2950. The number of hydrogen-bond donors (Lipinski definition) is 15. The monoisotopic (exact) mass is 1200 g/mol. The zero-order chi connectivity index (χ0) is 61.5. The highest BCUT2D eigenvalue weighted by Crippen LogP contribution is 2.39. The summed E-state index contributed by atoms with van der Waals surface area (Å²) < 4.78 is -1.37. The Morgan fingerprint density at radius 3 is 2.07 bits per heavy atom. The van der Waals surface area contributed by atoms with E-state index in [1.54, 1.807) is 69.3 Å². The van der Waals surface area contributed by atoms with Gasteiger partial charge in [0, 0.05) is 29.4 Å². The number of carbonyl (C=O) groups is 9. The van der Waals surface area contributed by atoms with E-state index < -0.39 is 125 Å². The van der Waals surface area contributed by atoms with Crippen molar-refractivity contribution >= 4 is 91.5 Å². The predicted molar refractivity (Wildman–Crippen MR) is 322 cm³/mol. The highest BCUT2D eigenvalue weighted by Gasteiger charge is 2.42. The standard InChI is InChI=1S/C57H78N14O11S2/c1-32(36-21-20-35-14-7-8-15-37(35)28-36)46-54(81)64-29-45(74)65-43(30-72)52(79)68-42(27-33-12-5-4-6-13-33)51(78)69-44(53(80)67-41(16-9-10-24-58)50(77)66-40(48(60)75)17-11-25-63-56(61)62)31-83-84-57(2,3)47(55(82)70-46)71-49(76)39(59)26-34-18-22-38(73)23-19-34/h4-8,12-15,18-23,28,32,39-44,46-47,72-73H,9-11,16-17,24-27,29-31,58-59H2,1-3H3,(H2,60,75)(H,64,81)(H,65,74)(H,66,77)(H,67,80)(H,68,79)(H,69,78)(H,70,82)(H,71,76)(H4,61,62,63)/t32-,39-,40-,41-,42-,43-,44?,46+,47-/m0/s1. The molecule has 0 spiro atoms. The molecule has 1 heterocycles. The van der Waals surface area contributed by atoms with Crippen molar-refractivity contribution in [2.24, 2.45) is 33.7 Å². The molecular weight excluding hydrogens is 1120 g/mol. The maximum absolute atomic E-state index is 15.1. The van der Waals surface area contributed by atoms with E-state index in [9.17, 15) is 48.6 Å². The van der Waals surface area contributed by atoms with Crippen molar-refractivity contribution in [2.75, 3.05) is 32.0 Å². The predicted octanol–water partition coefficient (Wildman–Crippen LogP) is -1.19. The molecule has 4 aromatic carbocycles. The fourth-order valence-corrected chi connectivity index (χ4v) is 11.8. The third-order valence-corrected chi connectivity index (χ3v) is 17.2. The molecule has 25 nitrogen and oxygen atoms in total. The largest absolute Gasteiger partial charge is 0.508 e. The molecular formula is C57H78N14O11S2. The average Bonchev–Trinajstić information content (AvgIpc) is 3.58. The van der Waals surface area contributed by atoms with Crippen LogP contribution in [0, 0.1) is 0 Å². The quantitative estimate of drug-likeness (QED) is 0.0190. The summed E-state index contributed by atoms with van der Waals surface area (Å²) in [6.45, 7) is 3.62. The molecule has 1 aliphatic rings. The third kappa shape index (κ3) is 20.7. The van der Waals surface area contributed by atoms with Gasteiger partial charge in [-0.3, -0.25) is 48.1 Å². The Kier molecular flexibility index (Phi) is 26.1. The smallest absolute Gasteiger partial charge is 0.245 e. The lowest BCUT2D eigenvalue weighted by Gasteiger charge is -2.35. The van der Waals surface area contributed by atoms with Crippen LogP contribution in [0.5, 0.6) is 5.75 Å². The van der Waals surface area contributed by atoms with Gasteiger partial charge < -0.3 is 81.4 Å². The molecule has 1 fully saturated rings. The second kappa shape index (κ2) is 32.8. The van der Waals surface area contributed by atoms with Crippen LogP contribution in [0.3, 0.4) is 0 Å². The molecule has 4 aromatic rings. The van der Waals surface area contributed by atoms with Crippen molar-refractivity contribution in [2.45, 2.75) is 125 Å². The highest BCUT2D eigenvalue weighted by atomic mass is 33.1. The summed E-state index contributed by atoms with van der Waals surface area (Å²) in [6, 6.07) is 16.2. The summed E-state index contributed by atoms with van der Waals surface area (Å²) in [7, 11) is 2.02. The summed E-state index contributed by atoms with van der Waals surface area (Å²) in [5.41, 5.74) is 30.6. The van der Waals surface area contributed by atoms with Crippen LogP contribution in [0.1, 0.15) is 75.5 Å². The van der Waals surface area contributed by atoms with Crippen molar-refractivity contribution in [3.8, 4) is 5.75 Å². The normalized spacial score (nSPS) is 20.6. The number of carbonyl (C=O) groups excluding carboxylic acids is 9. The Morgan fingerprint density at radius 1 is 0.738 bits per heavy atom. The first kappa shape index (κ1) is 66.8. The van der Waals surface area contributed by atoms with E-state index in [1.165, 1.54) is 12.1 Å². The Morgan fingerprint density at radius 2 is 1.40 bits per heavy atom. The topological polar surface area (TPSA) is 433 Å². The molecule has 5 rings (SSSR count). The van der Waals surface area contributed by atoms with Gasteiger partial charge in [-0.2, -0.15) is 0 Å². The Labute approximate surface area is 495 Å². The molecule has 1 unspecified atom stereocenters. The first-order valence-corrected chi connectivity index (χ1v) is 29.7. The van der Waals surface area contributed by atoms with Crippen LogP contribution in [0.25, 0.3) is 10.8 Å². The van der Waals surface area contributed by atoms with Crippen molar-refractivity contribution in [3.63, 3.8) is 0 Å². The second-order valence-corrected chi connectivity index (χ2v) is 23.9. The molecule has 454 valence electrons. The zero-order valence-corrected chi connectivity index (χ0v) is 48.8. The van der Waals surface area contributed by atoms with Gasteiger partial charge in [0.15, 0.2) is 5.96 Å². The summed E-state index contributed by atoms with van der Waals surface area (Å²) in [5, 5.41) is 43.3. The minimum absolute atomic E-state index is 0.00723.